The fourth-order valence-corrected chi connectivity index (χ4v) is 2.90. The average molecular weight is 269 g/mol. The number of carbonyl (C=O) groups is 1. The zero-order valence-corrected chi connectivity index (χ0v) is 10.7. The van der Waals surface area contributed by atoms with Crippen LogP contribution in [0.1, 0.15) is 19.3 Å². The number of sulfonamides is 1. The lowest BCUT2D eigenvalue weighted by atomic mass is 10.1. The van der Waals surface area contributed by atoms with E-state index < -0.39 is 10.0 Å². The normalized spacial score (nSPS) is 17.4. The smallest absolute Gasteiger partial charge is 0.237 e. The van der Waals surface area contributed by atoms with E-state index in [-0.39, 0.29) is 24.1 Å². The van der Waals surface area contributed by atoms with Gasteiger partial charge in [0.25, 0.3) is 0 Å². The van der Waals surface area contributed by atoms with E-state index in [1.165, 1.54) is 0 Å². The topological polar surface area (TPSA) is 66.5 Å². The molecule has 0 aromatic rings. The van der Waals surface area contributed by atoms with Gasteiger partial charge in [-0.1, -0.05) is 0 Å². The van der Waals surface area contributed by atoms with E-state index in [1.54, 1.807) is 4.90 Å². The highest BCUT2D eigenvalue weighted by molar-refractivity contribution is 7.89. The van der Waals surface area contributed by atoms with Crippen molar-refractivity contribution in [2.24, 2.45) is 0 Å². The van der Waals surface area contributed by atoms with Gasteiger partial charge < -0.3 is 4.90 Å². The van der Waals surface area contributed by atoms with Crippen molar-refractivity contribution in [3.63, 3.8) is 0 Å². The number of rotatable bonds is 5. The summed E-state index contributed by atoms with van der Waals surface area (Å²) in [5.74, 6) is -0.271. The zero-order valence-electron chi connectivity index (χ0n) is 9.12. The predicted octanol–water partition coefficient (Wildman–Crippen LogP) is 0.157. The molecule has 1 heterocycles. The molecule has 1 rings (SSSR count). The molecule has 5 nitrogen and oxygen atoms in total. The lowest BCUT2D eigenvalue weighted by molar-refractivity contribution is -0.130. The summed E-state index contributed by atoms with van der Waals surface area (Å²) < 4.78 is 24.8. The van der Waals surface area contributed by atoms with Gasteiger partial charge in [-0.3, -0.25) is 4.79 Å². The number of piperidine rings is 1. The van der Waals surface area contributed by atoms with E-state index >= 15 is 0 Å². The summed E-state index contributed by atoms with van der Waals surface area (Å²) in [7, 11) is -3.39. The van der Waals surface area contributed by atoms with E-state index in [9.17, 15) is 13.2 Å². The van der Waals surface area contributed by atoms with Crippen LogP contribution in [0.15, 0.2) is 0 Å². The van der Waals surface area contributed by atoms with Crippen molar-refractivity contribution in [1.29, 1.82) is 0 Å². The third kappa shape index (κ3) is 4.67. The van der Waals surface area contributed by atoms with Gasteiger partial charge in [-0.2, -0.15) is 0 Å². The molecular weight excluding hydrogens is 252 g/mol. The summed E-state index contributed by atoms with van der Waals surface area (Å²) in [6, 6.07) is 0. The molecular formula is C9H17ClN2O3S. The molecule has 0 unspecified atom stereocenters. The number of carbonyl (C=O) groups excluding carboxylic acids is 1. The quantitative estimate of drug-likeness (QED) is 0.722. The van der Waals surface area contributed by atoms with Gasteiger partial charge in [-0.15, -0.1) is 11.6 Å². The van der Waals surface area contributed by atoms with Crippen molar-refractivity contribution in [2.75, 3.05) is 31.3 Å². The molecule has 0 aromatic heterocycles. The summed E-state index contributed by atoms with van der Waals surface area (Å²) in [6.45, 7) is 1.31. The van der Waals surface area contributed by atoms with Crippen LogP contribution in [-0.4, -0.2) is 50.5 Å². The summed E-state index contributed by atoms with van der Waals surface area (Å²) in [5.41, 5.74) is 0. The highest BCUT2D eigenvalue weighted by atomic mass is 35.5. The van der Waals surface area contributed by atoms with E-state index in [0.717, 1.165) is 32.4 Å². The van der Waals surface area contributed by atoms with E-state index in [2.05, 4.69) is 4.72 Å². The van der Waals surface area contributed by atoms with Crippen LogP contribution in [0.2, 0.25) is 0 Å². The number of likely N-dealkylation sites (tertiary alicyclic amines) is 1. The number of nitrogens with one attached hydrogen (secondary N) is 1. The van der Waals surface area contributed by atoms with Gasteiger partial charge in [0.2, 0.25) is 15.9 Å². The minimum absolute atomic E-state index is 0.0350. The largest absolute Gasteiger partial charge is 0.342 e. The van der Waals surface area contributed by atoms with Crippen molar-refractivity contribution in [3.8, 4) is 0 Å². The second-order valence-corrected chi connectivity index (χ2v) is 6.07. The van der Waals surface area contributed by atoms with Gasteiger partial charge in [0, 0.05) is 19.0 Å². The van der Waals surface area contributed by atoms with Gasteiger partial charge >= 0.3 is 0 Å². The number of halogens is 1. The maximum Gasteiger partial charge on any atom is 0.237 e. The molecule has 0 saturated carbocycles. The molecule has 1 aliphatic heterocycles. The fourth-order valence-electron chi connectivity index (χ4n) is 1.60. The van der Waals surface area contributed by atoms with Crippen molar-refractivity contribution < 1.29 is 13.2 Å². The fraction of sp³-hybridized carbons (Fsp3) is 0.889. The number of amides is 1. The number of hydrogen-bond acceptors (Lipinski definition) is 3. The molecule has 7 heteroatoms. The molecule has 1 saturated heterocycles. The lowest BCUT2D eigenvalue weighted by Gasteiger charge is -2.26. The SMILES string of the molecule is O=C(CNS(=O)(=O)CCCl)N1CCCCC1. The summed E-state index contributed by atoms with van der Waals surface area (Å²) in [6.07, 6.45) is 3.14. The Morgan fingerprint density at radius 3 is 2.44 bits per heavy atom. The average Bonchev–Trinajstić information content (AvgIpc) is 2.27. The molecule has 1 N–H and O–H groups in total. The van der Waals surface area contributed by atoms with Crippen LogP contribution >= 0.6 is 11.6 Å². The van der Waals surface area contributed by atoms with Gasteiger partial charge in [-0.25, -0.2) is 13.1 Å². The molecule has 0 spiro atoms. The van der Waals surface area contributed by atoms with Crippen molar-refractivity contribution in [2.45, 2.75) is 19.3 Å². The molecule has 0 aromatic carbocycles. The Balaban J connectivity index is 2.34. The molecule has 16 heavy (non-hydrogen) atoms. The summed E-state index contributed by atoms with van der Waals surface area (Å²) in [5, 5.41) is 0. The Morgan fingerprint density at radius 1 is 1.25 bits per heavy atom. The Morgan fingerprint density at radius 2 is 1.88 bits per heavy atom. The van der Waals surface area contributed by atoms with Crippen LogP contribution in [0.4, 0.5) is 0 Å². The Bertz CT molecular complexity index is 326. The van der Waals surface area contributed by atoms with Crippen molar-refractivity contribution in [3.05, 3.63) is 0 Å². The van der Waals surface area contributed by atoms with Gasteiger partial charge in [0.1, 0.15) is 0 Å². The number of alkyl halides is 1. The zero-order chi connectivity index (χ0) is 12.0. The first kappa shape index (κ1) is 13.7. The predicted molar refractivity (Wildman–Crippen MR) is 62.9 cm³/mol. The first-order valence-corrected chi connectivity index (χ1v) is 7.55. The van der Waals surface area contributed by atoms with E-state index in [0.29, 0.717) is 0 Å². The molecule has 0 aliphatic carbocycles. The van der Waals surface area contributed by atoms with Crippen LogP contribution in [0, 0.1) is 0 Å². The summed E-state index contributed by atoms with van der Waals surface area (Å²) in [4.78, 5) is 13.3. The highest BCUT2D eigenvalue weighted by Gasteiger charge is 2.18. The molecule has 0 radical (unpaired) electrons. The molecule has 1 amide bonds. The maximum absolute atomic E-state index is 11.6. The maximum atomic E-state index is 11.6. The van der Waals surface area contributed by atoms with Gasteiger partial charge in [0.15, 0.2) is 0 Å². The molecule has 1 fully saturated rings. The molecule has 0 atom stereocenters. The molecule has 1 aliphatic rings. The second-order valence-electron chi connectivity index (χ2n) is 3.77. The minimum atomic E-state index is -3.39. The first-order valence-electron chi connectivity index (χ1n) is 5.36. The van der Waals surface area contributed by atoms with Gasteiger partial charge in [-0.05, 0) is 19.3 Å². The third-order valence-corrected chi connectivity index (χ3v) is 4.24. The minimum Gasteiger partial charge on any atom is -0.342 e. The first-order chi connectivity index (χ1) is 7.55. The van der Waals surface area contributed by atoms with Gasteiger partial charge in [0.05, 0.1) is 12.3 Å². The number of nitrogens with zero attached hydrogens (tertiary/aromatic N) is 1. The van der Waals surface area contributed by atoms with Crippen molar-refractivity contribution in [1.82, 2.24) is 9.62 Å². The Kier molecular flexibility index (Phi) is 5.51. The van der Waals surface area contributed by atoms with E-state index in [4.69, 9.17) is 11.6 Å². The second kappa shape index (κ2) is 6.42. The molecule has 0 bridgehead atoms. The van der Waals surface area contributed by atoms with Crippen molar-refractivity contribution >= 4 is 27.5 Å². The highest BCUT2D eigenvalue weighted by Crippen LogP contribution is 2.08. The standard InChI is InChI=1S/C9H17ClN2O3S/c10-4-7-16(14,15)11-8-9(13)12-5-2-1-3-6-12/h11H,1-8H2. The summed E-state index contributed by atoms with van der Waals surface area (Å²) >= 11 is 5.34. The van der Waals surface area contributed by atoms with E-state index in [1.807, 2.05) is 0 Å². The Labute approximate surface area is 101 Å². The number of hydrogen-bond donors (Lipinski definition) is 1. The Hall–Kier alpha value is -0.330. The third-order valence-electron chi connectivity index (χ3n) is 2.50. The monoisotopic (exact) mass is 268 g/mol. The lowest BCUT2D eigenvalue weighted by Crippen LogP contribution is -2.43. The van der Waals surface area contributed by atoms with Crippen LogP contribution < -0.4 is 4.72 Å². The van der Waals surface area contributed by atoms with Crippen LogP contribution in [-0.2, 0) is 14.8 Å². The van der Waals surface area contributed by atoms with Crippen LogP contribution in [0.25, 0.3) is 0 Å². The molecule has 94 valence electrons. The van der Waals surface area contributed by atoms with Crippen LogP contribution in [0.3, 0.4) is 0 Å². The van der Waals surface area contributed by atoms with Crippen LogP contribution in [0.5, 0.6) is 0 Å².